The monoisotopic (exact) mass is 266 g/mol. The van der Waals surface area contributed by atoms with Crippen molar-refractivity contribution in [3.8, 4) is 0 Å². The molecule has 1 aliphatic heterocycles. The summed E-state index contributed by atoms with van der Waals surface area (Å²) in [5.74, 6) is 0.604. The van der Waals surface area contributed by atoms with Crippen LogP contribution in [0.2, 0.25) is 0 Å². The second-order valence-corrected chi connectivity index (χ2v) is 5.83. The highest BCUT2D eigenvalue weighted by Crippen LogP contribution is 2.13. The zero-order chi connectivity index (χ0) is 13.8. The molecule has 1 rings (SSSR count). The van der Waals surface area contributed by atoms with Gasteiger partial charge >= 0.3 is 5.97 Å². The van der Waals surface area contributed by atoms with Gasteiger partial charge in [0.2, 0.25) is 0 Å². The van der Waals surface area contributed by atoms with Crippen LogP contribution in [-0.4, -0.2) is 12.6 Å². The number of carbonyl (C=O) groups excluding carboxylic acids is 1. The number of cyclic esters (lactones) is 1. The molecular weight excluding hydrogens is 236 g/mol. The molecule has 0 radical (unpaired) electrons. The number of allylic oxidation sites excluding steroid dienone is 2. The highest BCUT2D eigenvalue weighted by atomic mass is 16.5. The Bertz CT molecular complexity index is 258. The molecule has 0 aromatic rings. The third-order valence-corrected chi connectivity index (χ3v) is 3.83. The Morgan fingerprint density at radius 2 is 1.68 bits per heavy atom. The van der Waals surface area contributed by atoms with Crippen molar-refractivity contribution >= 4 is 5.97 Å². The van der Waals surface area contributed by atoms with E-state index in [1.165, 1.54) is 44.9 Å². The molecule has 0 bridgehead atoms. The SMILES string of the molecule is CC1CC=CCCCCCCCCCC(=O)OCC1. The van der Waals surface area contributed by atoms with E-state index in [9.17, 15) is 4.79 Å². The van der Waals surface area contributed by atoms with Crippen molar-refractivity contribution in [3.05, 3.63) is 12.2 Å². The molecule has 2 nitrogen and oxygen atoms in total. The van der Waals surface area contributed by atoms with Crippen LogP contribution < -0.4 is 0 Å². The molecule has 0 aliphatic carbocycles. The van der Waals surface area contributed by atoms with Gasteiger partial charge in [-0.1, -0.05) is 51.2 Å². The molecular formula is C17H30O2. The normalized spacial score (nSPS) is 25.5. The summed E-state index contributed by atoms with van der Waals surface area (Å²) in [7, 11) is 0. The van der Waals surface area contributed by atoms with Crippen LogP contribution in [0.15, 0.2) is 12.2 Å². The van der Waals surface area contributed by atoms with E-state index in [4.69, 9.17) is 4.74 Å². The molecule has 0 aromatic carbocycles. The molecule has 0 amide bonds. The molecule has 1 atom stereocenters. The van der Waals surface area contributed by atoms with Gasteiger partial charge in [-0.3, -0.25) is 4.79 Å². The molecule has 0 spiro atoms. The van der Waals surface area contributed by atoms with Crippen molar-refractivity contribution in [1.82, 2.24) is 0 Å². The van der Waals surface area contributed by atoms with Gasteiger partial charge in [0.05, 0.1) is 6.61 Å². The first-order valence-electron chi connectivity index (χ1n) is 8.09. The number of hydrogen-bond acceptors (Lipinski definition) is 2. The van der Waals surface area contributed by atoms with Crippen LogP contribution >= 0.6 is 0 Å². The summed E-state index contributed by atoms with van der Waals surface area (Å²) in [5, 5.41) is 0. The van der Waals surface area contributed by atoms with Gasteiger partial charge in [-0.05, 0) is 38.0 Å². The zero-order valence-electron chi connectivity index (χ0n) is 12.5. The lowest BCUT2D eigenvalue weighted by atomic mass is 10.0. The smallest absolute Gasteiger partial charge is 0.305 e. The minimum atomic E-state index is -0.00735. The molecule has 2 heteroatoms. The van der Waals surface area contributed by atoms with Crippen molar-refractivity contribution in [1.29, 1.82) is 0 Å². The average molecular weight is 266 g/mol. The van der Waals surface area contributed by atoms with E-state index in [1.807, 2.05) is 0 Å². The van der Waals surface area contributed by atoms with Crippen molar-refractivity contribution in [2.75, 3.05) is 6.61 Å². The van der Waals surface area contributed by atoms with Crippen molar-refractivity contribution in [3.63, 3.8) is 0 Å². The summed E-state index contributed by atoms with van der Waals surface area (Å²) in [6, 6.07) is 0. The lowest BCUT2D eigenvalue weighted by Crippen LogP contribution is -2.08. The minimum Gasteiger partial charge on any atom is -0.466 e. The van der Waals surface area contributed by atoms with Crippen molar-refractivity contribution < 1.29 is 9.53 Å². The summed E-state index contributed by atoms with van der Waals surface area (Å²) in [5.41, 5.74) is 0. The zero-order valence-corrected chi connectivity index (χ0v) is 12.5. The molecule has 1 heterocycles. The lowest BCUT2D eigenvalue weighted by Gasteiger charge is -2.09. The van der Waals surface area contributed by atoms with Gasteiger partial charge in [-0.2, -0.15) is 0 Å². The third kappa shape index (κ3) is 9.75. The number of esters is 1. The number of ether oxygens (including phenoxy) is 1. The fourth-order valence-corrected chi connectivity index (χ4v) is 2.43. The van der Waals surface area contributed by atoms with Gasteiger partial charge < -0.3 is 4.74 Å². The van der Waals surface area contributed by atoms with E-state index in [2.05, 4.69) is 19.1 Å². The van der Waals surface area contributed by atoms with Crippen LogP contribution in [0.25, 0.3) is 0 Å². The first-order valence-corrected chi connectivity index (χ1v) is 8.09. The summed E-state index contributed by atoms with van der Waals surface area (Å²) in [6.07, 6.45) is 17.3. The molecule has 0 saturated carbocycles. The highest BCUT2D eigenvalue weighted by molar-refractivity contribution is 5.69. The van der Waals surface area contributed by atoms with Gasteiger partial charge in [0.25, 0.3) is 0 Å². The molecule has 0 fully saturated rings. The minimum absolute atomic E-state index is 0.00735. The molecule has 0 saturated heterocycles. The fraction of sp³-hybridized carbons (Fsp3) is 0.824. The second-order valence-electron chi connectivity index (χ2n) is 5.83. The molecule has 1 aliphatic rings. The Kier molecular flexibility index (Phi) is 9.48. The van der Waals surface area contributed by atoms with E-state index in [0.717, 1.165) is 19.3 Å². The Morgan fingerprint density at radius 3 is 2.47 bits per heavy atom. The Balaban J connectivity index is 2.27. The highest BCUT2D eigenvalue weighted by Gasteiger charge is 2.05. The molecule has 110 valence electrons. The van der Waals surface area contributed by atoms with E-state index in [1.54, 1.807) is 0 Å². The quantitative estimate of drug-likeness (QED) is 0.454. The maximum atomic E-state index is 11.5. The first kappa shape index (κ1) is 16.3. The van der Waals surface area contributed by atoms with E-state index in [0.29, 0.717) is 18.9 Å². The predicted octanol–water partition coefficient (Wildman–Crippen LogP) is 5.03. The molecule has 19 heavy (non-hydrogen) atoms. The Hall–Kier alpha value is -0.790. The van der Waals surface area contributed by atoms with E-state index in [-0.39, 0.29) is 5.97 Å². The van der Waals surface area contributed by atoms with Crippen LogP contribution in [0.1, 0.15) is 77.6 Å². The summed E-state index contributed by atoms with van der Waals surface area (Å²) in [4.78, 5) is 11.5. The average Bonchev–Trinajstić information content (AvgIpc) is 2.39. The number of hydrogen-bond donors (Lipinski definition) is 0. The predicted molar refractivity (Wildman–Crippen MR) is 80.1 cm³/mol. The number of rotatable bonds is 0. The topological polar surface area (TPSA) is 26.3 Å². The van der Waals surface area contributed by atoms with Crippen LogP contribution in [0, 0.1) is 5.92 Å². The van der Waals surface area contributed by atoms with Gasteiger partial charge in [0.1, 0.15) is 0 Å². The molecule has 1 unspecified atom stereocenters. The van der Waals surface area contributed by atoms with Gasteiger partial charge in [0.15, 0.2) is 0 Å². The lowest BCUT2D eigenvalue weighted by molar-refractivity contribution is -0.144. The summed E-state index contributed by atoms with van der Waals surface area (Å²) < 4.78 is 5.27. The van der Waals surface area contributed by atoms with Crippen molar-refractivity contribution in [2.24, 2.45) is 5.92 Å². The largest absolute Gasteiger partial charge is 0.466 e. The Morgan fingerprint density at radius 1 is 1.00 bits per heavy atom. The summed E-state index contributed by atoms with van der Waals surface area (Å²) >= 11 is 0. The third-order valence-electron chi connectivity index (χ3n) is 3.83. The van der Waals surface area contributed by atoms with Gasteiger partial charge in [-0.15, -0.1) is 0 Å². The van der Waals surface area contributed by atoms with E-state index >= 15 is 0 Å². The number of carbonyl (C=O) groups is 1. The molecule has 0 aromatic heterocycles. The standard InChI is InChI=1S/C17H30O2/c1-16-12-10-8-6-4-2-3-5-7-9-11-13-17(18)19-15-14-16/h8,10,16H,2-7,9,11-15H2,1H3. The van der Waals surface area contributed by atoms with Gasteiger partial charge in [0, 0.05) is 6.42 Å². The van der Waals surface area contributed by atoms with Crippen LogP contribution in [0.5, 0.6) is 0 Å². The van der Waals surface area contributed by atoms with Crippen LogP contribution in [0.4, 0.5) is 0 Å². The van der Waals surface area contributed by atoms with Crippen molar-refractivity contribution in [2.45, 2.75) is 77.6 Å². The van der Waals surface area contributed by atoms with Crippen LogP contribution in [0.3, 0.4) is 0 Å². The maximum Gasteiger partial charge on any atom is 0.305 e. The fourth-order valence-electron chi connectivity index (χ4n) is 2.43. The molecule has 0 N–H and O–H groups in total. The summed E-state index contributed by atoms with van der Waals surface area (Å²) in [6.45, 7) is 2.82. The maximum absolute atomic E-state index is 11.5. The van der Waals surface area contributed by atoms with Crippen LogP contribution in [-0.2, 0) is 9.53 Å². The Labute approximate surface area is 118 Å². The van der Waals surface area contributed by atoms with E-state index < -0.39 is 0 Å². The second kappa shape index (κ2) is 11.1. The first-order chi connectivity index (χ1) is 9.29. The van der Waals surface area contributed by atoms with Gasteiger partial charge in [-0.25, -0.2) is 0 Å².